The number of nitrogens with zero attached hydrogens (tertiary/aromatic N) is 1. The smallest absolute Gasteiger partial charge is 0.283 e. The van der Waals surface area contributed by atoms with Gasteiger partial charge in [-0.15, -0.1) is 0 Å². The number of nitrogens with one attached hydrogen (secondary N) is 2. The second-order valence-corrected chi connectivity index (χ2v) is 8.43. The van der Waals surface area contributed by atoms with Crippen LogP contribution in [-0.2, 0) is 9.59 Å². The molecule has 172 valence electrons. The predicted molar refractivity (Wildman–Crippen MR) is 130 cm³/mol. The third-order valence-corrected chi connectivity index (χ3v) is 5.69. The summed E-state index contributed by atoms with van der Waals surface area (Å²) < 4.78 is 13.1. The van der Waals surface area contributed by atoms with Gasteiger partial charge in [0.05, 0.1) is 5.69 Å². The van der Waals surface area contributed by atoms with Crippen LogP contribution < -0.4 is 15.5 Å². The largest absolute Gasteiger partial charge is 0.350 e. The summed E-state index contributed by atoms with van der Waals surface area (Å²) in [5.41, 5.74) is 2.56. The first kappa shape index (κ1) is 23.2. The lowest BCUT2D eigenvalue weighted by molar-refractivity contribution is -0.120. The zero-order valence-electron chi connectivity index (χ0n) is 18.4. The Morgan fingerprint density at radius 1 is 0.912 bits per heavy atom. The third-order valence-electron chi connectivity index (χ3n) is 5.34. The Kier molecular flexibility index (Phi) is 6.47. The quantitative estimate of drug-likeness (QED) is 0.450. The van der Waals surface area contributed by atoms with E-state index >= 15 is 0 Å². The lowest BCUT2D eigenvalue weighted by Crippen LogP contribution is -2.32. The van der Waals surface area contributed by atoms with Gasteiger partial charge >= 0.3 is 0 Å². The Hall–Kier alpha value is -3.97. The molecule has 1 aliphatic heterocycles. The fraction of sp³-hybridized carbons (Fsp3) is 0.115. The van der Waals surface area contributed by atoms with Crippen LogP contribution in [-0.4, -0.2) is 17.7 Å². The minimum absolute atomic E-state index is 0.0734. The number of rotatable bonds is 6. The van der Waals surface area contributed by atoms with Gasteiger partial charge in [0.2, 0.25) is 0 Å². The third kappa shape index (κ3) is 4.70. The fourth-order valence-corrected chi connectivity index (χ4v) is 3.69. The van der Waals surface area contributed by atoms with Crippen molar-refractivity contribution in [3.63, 3.8) is 0 Å². The van der Waals surface area contributed by atoms with Crippen molar-refractivity contribution in [2.75, 3.05) is 15.5 Å². The van der Waals surface area contributed by atoms with Crippen LogP contribution in [0, 0.1) is 5.82 Å². The van der Waals surface area contributed by atoms with E-state index in [0.29, 0.717) is 28.5 Å². The summed E-state index contributed by atoms with van der Waals surface area (Å²) in [7, 11) is 0. The molecular formula is C26H21ClFN3O3. The van der Waals surface area contributed by atoms with Gasteiger partial charge in [-0.2, -0.15) is 0 Å². The predicted octanol–water partition coefficient (Wildman–Crippen LogP) is 5.64. The van der Waals surface area contributed by atoms with E-state index in [1.54, 1.807) is 30.3 Å². The van der Waals surface area contributed by atoms with Crippen molar-refractivity contribution in [1.29, 1.82) is 0 Å². The van der Waals surface area contributed by atoms with Crippen LogP contribution in [0.5, 0.6) is 0 Å². The molecule has 0 aliphatic carbocycles. The molecule has 3 amide bonds. The summed E-state index contributed by atoms with van der Waals surface area (Å²) in [5, 5.41) is 5.31. The van der Waals surface area contributed by atoms with E-state index in [4.69, 9.17) is 11.6 Å². The van der Waals surface area contributed by atoms with E-state index in [-0.39, 0.29) is 10.7 Å². The van der Waals surface area contributed by atoms with Crippen LogP contribution in [0.1, 0.15) is 35.7 Å². The molecule has 3 aromatic carbocycles. The van der Waals surface area contributed by atoms with E-state index < -0.39 is 23.5 Å². The van der Waals surface area contributed by atoms with Crippen LogP contribution in [0.2, 0.25) is 0 Å². The van der Waals surface area contributed by atoms with Crippen LogP contribution in [0.15, 0.2) is 83.5 Å². The maximum atomic E-state index is 13.1. The zero-order chi connectivity index (χ0) is 24.4. The highest BCUT2D eigenvalue weighted by atomic mass is 35.5. The number of halogens is 2. The van der Waals surface area contributed by atoms with Gasteiger partial charge in [0.25, 0.3) is 17.7 Å². The van der Waals surface area contributed by atoms with Gasteiger partial charge in [0, 0.05) is 16.9 Å². The highest BCUT2D eigenvalue weighted by Gasteiger charge is 2.39. The van der Waals surface area contributed by atoms with Gasteiger partial charge in [0.15, 0.2) is 0 Å². The molecule has 1 aliphatic rings. The molecule has 0 bridgehead atoms. The SMILES string of the molecule is CC(C)c1ccc(N2C(=O)C(Cl)=C(Nc3cccc(C(=O)Nc4ccc(F)cc4)c3)C2=O)cc1. The molecule has 0 spiro atoms. The average Bonchev–Trinajstić information content (AvgIpc) is 3.04. The van der Waals surface area contributed by atoms with Crippen molar-refractivity contribution in [2.24, 2.45) is 0 Å². The van der Waals surface area contributed by atoms with Crippen LogP contribution in [0.25, 0.3) is 0 Å². The molecule has 8 heteroatoms. The molecule has 0 aromatic heterocycles. The zero-order valence-corrected chi connectivity index (χ0v) is 19.2. The van der Waals surface area contributed by atoms with E-state index in [1.807, 2.05) is 12.1 Å². The van der Waals surface area contributed by atoms with Crippen LogP contribution in [0.4, 0.5) is 21.5 Å². The maximum Gasteiger partial charge on any atom is 0.283 e. The molecule has 0 saturated heterocycles. The number of anilines is 3. The number of amides is 3. The highest BCUT2D eigenvalue weighted by Crippen LogP contribution is 2.31. The second-order valence-electron chi connectivity index (χ2n) is 8.05. The molecule has 6 nitrogen and oxygen atoms in total. The molecule has 0 saturated carbocycles. The standard InChI is InChI=1S/C26H21ClFN3O3/c1-15(2)16-6-12-21(13-7-16)31-25(33)22(27)23(26(31)34)29-20-5-3-4-17(14-20)24(32)30-19-10-8-18(28)9-11-19/h3-15,29H,1-2H3,(H,30,32). The molecule has 34 heavy (non-hydrogen) atoms. The van der Waals surface area contributed by atoms with Gasteiger partial charge < -0.3 is 10.6 Å². The molecule has 2 N–H and O–H groups in total. The Morgan fingerprint density at radius 2 is 1.59 bits per heavy atom. The topological polar surface area (TPSA) is 78.5 Å². The normalized spacial score (nSPS) is 13.6. The summed E-state index contributed by atoms with van der Waals surface area (Å²) in [6.07, 6.45) is 0. The van der Waals surface area contributed by atoms with Crippen LogP contribution in [0.3, 0.4) is 0 Å². The first-order chi connectivity index (χ1) is 16.2. The molecule has 0 fully saturated rings. The summed E-state index contributed by atoms with van der Waals surface area (Å²) in [6, 6.07) is 18.9. The lowest BCUT2D eigenvalue weighted by Gasteiger charge is -2.16. The van der Waals surface area contributed by atoms with Gasteiger partial charge in [-0.25, -0.2) is 9.29 Å². The van der Waals surface area contributed by atoms with Crippen molar-refractivity contribution in [1.82, 2.24) is 0 Å². The number of carbonyl (C=O) groups is 3. The minimum Gasteiger partial charge on any atom is -0.350 e. The number of hydrogen-bond donors (Lipinski definition) is 2. The molecule has 3 aromatic rings. The average molecular weight is 478 g/mol. The number of imide groups is 1. The number of benzene rings is 3. The second kappa shape index (κ2) is 9.49. The molecule has 0 radical (unpaired) electrons. The lowest BCUT2D eigenvalue weighted by atomic mass is 10.0. The van der Waals surface area contributed by atoms with Gasteiger partial charge in [-0.1, -0.05) is 43.6 Å². The number of carbonyl (C=O) groups excluding carboxylic acids is 3. The number of hydrogen-bond acceptors (Lipinski definition) is 4. The Balaban J connectivity index is 1.52. The van der Waals surface area contributed by atoms with Gasteiger partial charge in [0.1, 0.15) is 16.5 Å². The van der Waals surface area contributed by atoms with E-state index in [1.165, 1.54) is 30.3 Å². The van der Waals surface area contributed by atoms with Crippen molar-refractivity contribution in [3.05, 3.63) is 100 Å². The first-order valence-electron chi connectivity index (χ1n) is 10.6. The summed E-state index contributed by atoms with van der Waals surface area (Å²) >= 11 is 6.22. The Labute approximate surface area is 201 Å². The minimum atomic E-state index is -0.628. The monoisotopic (exact) mass is 477 g/mol. The van der Waals surface area contributed by atoms with Crippen molar-refractivity contribution in [2.45, 2.75) is 19.8 Å². The molecular weight excluding hydrogens is 457 g/mol. The summed E-state index contributed by atoms with van der Waals surface area (Å²) in [5.74, 6) is -1.73. The molecule has 4 rings (SSSR count). The van der Waals surface area contributed by atoms with E-state index in [0.717, 1.165) is 10.5 Å². The fourth-order valence-electron chi connectivity index (χ4n) is 3.47. The molecule has 0 unspecified atom stereocenters. The van der Waals surface area contributed by atoms with E-state index in [9.17, 15) is 18.8 Å². The maximum absolute atomic E-state index is 13.1. The Morgan fingerprint density at radius 3 is 2.24 bits per heavy atom. The van der Waals surface area contributed by atoms with Crippen molar-refractivity contribution in [3.8, 4) is 0 Å². The van der Waals surface area contributed by atoms with Crippen molar-refractivity contribution < 1.29 is 18.8 Å². The Bertz CT molecular complexity index is 1300. The molecule has 1 heterocycles. The van der Waals surface area contributed by atoms with Crippen molar-refractivity contribution >= 4 is 46.4 Å². The molecule has 0 atom stereocenters. The summed E-state index contributed by atoms with van der Waals surface area (Å²) in [6.45, 7) is 4.10. The highest BCUT2D eigenvalue weighted by molar-refractivity contribution is 6.53. The first-order valence-corrected chi connectivity index (χ1v) is 10.9. The summed E-state index contributed by atoms with van der Waals surface area (Å²) in [4.78, 5) is 39.3. The van der Waals surface area contributed by atoms with Gasteiger partial charge in [-0.05, 0) is 66.1 Å². The van der Waals surface area contributed by atoms with Crippen LogP contribution >= 0.6 is 11.6 Å². The van der Waals surface area contributed by atoms with Gasteiger partial charge in [-0.3, -0.25) is 14.4 Å². The van der Waals surface area contributed by atoms with E-state index in [2.05, 4.69) is 24.5 Å².